The highest BCUT2D eigenvalue weighted by atomic mass is 32.2. The van der Waals surface area contributed by atoms with Gasteiger partial charge in [0.05, 0.1) is 29.4 Å². The van der Waals surface area contributed by atoms with Gasteiger partial charge in [0.25, 0.3) is 5.91 Å². The summed E-state index contributed by atoms with van der Waals surface area (Å²) in [7, 11) is 2.63. The molecule has 2 saturated heterocycles. The standard InChI is InChI=1S/C32H32BN5O4S/c33-32(40)38-15-1-2-29(38)30-34-20-28(36-30)25-9-5-23(6-10-25)24-7-11-26(12-8-24)31(39)35-27-13-3-22(4-14-27)21-37-16-18-43(41,42)19-17-37/h3-14,20,29H,1-2,15-19,21H2,(H,34,36)(H,35,39)/t29-/m0/s1. The third-order valence-electron chi connectivity index (χ3n) is 8.18. The van der Waals surface area contributed by atoms with Crippen molar-refractivity contribution in [3.63, 3.8) is 0 Å². The molecule has 0 spiro atoms. The van der Waals surface area contributed by atoms with E-state index in [0.29, 0.717) is 37.4 Å². The molecule has 2 N–H and O–H groups in total. The number of carbonyl (C=O) groups is 2. The Labute approximate surface area is 252 Å². The zero-order valence-corrected chi connectivity index (χ0v) is 24.5. The molecular weight excluding hydrogens is 561 g/mol. The van der Waals surface area contributed by atoms with Crippen molar-refractivity contribution in [2.75, 3.05) is 36.5 Å². The topological polar surface area (TPSA) is 115 Å². The summed E-state index contributed by atoms with van der Waals surface area (Å²) in [4.78, 5) is 36.2. The summed E-state index contributed by atoms with van der Waals surface area (Å²) in [5, 5.41) is 2.95. The van der Waals surface area contributed by atoms with Gasteiger partial charge in [0.2, 0.25) is 7.85 Å². The molecule has 2 fully saturated rings. The lowest BCUT2D eigenvalue weighted by Crippen LogP contribution is -2.39. The minimum absolute atomic E-state index is 0.116. The lowest BCUT2D eigenvalue weighted by atomic mass is 10.0. The van der Waals surface area contributed by atoms with Crippen molar-refractivity contribution in [3.05, 3.63) is 95.9 Å². The number of rotatable bonds is 7. The average molecular weight is 594 g/mol. The number of aromatic nitrogens is 2. The van der Waals surface area contributed by atoms with E-state index in [1.165, 1.54) is 0 Å². The van der Waals surface area contributed by atoms with Crippen LogP contribution in [0.1, 0.15) is 40.6 Å². The number of sulfone groups is 1. The normalized spacial score (nSPS) is 18.4. The molecule has 1 aromatic heterocycles. The maximum atomic E-state index is 12.9. The predicted octanol–water partition coefficient (Wildman–Crippen LogP) is 4.65. The summed E-state index contributed by atoms with van der Waals surface area (Å²) in [5.74, 6) is 0.546. The second-order valence-corrected chi connectivity index (χ2v) is 13.4. The van der Waals surface area contributed by atoms with Crippen molar-refractivity contribution < 1.29 is 18.0 Å². The molecule has 3 heterocycles. The zero-order chi connectivity index (χ0) is 30.0. The van der Waals surface area contributed by atoms with Crippen LogP contribution in [0.15, 0.2) is 79.0 Å². The maximum absolute atomic E-state index is 12.9. The van der Waals surface area contributed by atoms with Crippen LogP contribution in [0.25, 0.3) is 22.4 Å². The molecule has 4 aromatic rings. The number of benzene rings is 3. The molecular formula is C32H32BN5O4S. The Hall–Kier alpha value is -4.22. The number of aromatic amines is 1. The van der Waals surface area contributed by atoms with Crippen LogP contribution in [0.5, 0.6) is 0 Å². The first-order valence-corrected chi connectivity index (χ1v) is 16.2. The van der Waals surface area contributed by atoms with Crippen LogP contribution in [0, 0.1) is 0 Å². The van der Waals surface area contributed by atoms with Crippen molar-refractivity contribution >= 4 is 35.1 Å². The van der Waals surface area contributed by atoms with Crippen LogP contribution in [0.2, 0.25) is 0 Å². The second kappa shape index (κ2) is 12.2. The molecule has 2 radical (unpaired) electrons. The number of nitrogens with one attached hydrogen (secondary N) is 2. The van der Waals surface area contributed by atoms with Gasteiger partial charge in [-0.05, 0) is 59.4 Å². The molecule has 9 nitrogen and oxygen atoms in total. The molecule has 1 atom stereocenters. The number of likely N-dealkylation sites (tertiary alicyclic amines) is 1. The molecule has 2 amide bonds. The Kier molecular flexibility index (Phi) is 8.18. The highest BCUT2D eigenvalue weighted by Gasteiger charge is 2.29. The summed E-state index contributed by atoms with van der Waals surface area (Å²) in [5.41, 5.74) is 6.20. The van der Waals surface area contributed by atoms with Crippen LogP contribution in [0.3, 0.4) is 0 Å². The molecule has 6 rings (SSSR count). The van der Waals surface area contributed by atoms with E-state index in [1.807, 2.05) is 72.8 Å². The van der Waals surface area contributed by atoms with Gasteiger partial charge in [0.1, 0.15) is 5.82 Å². The van der Waals surface area contributed by atoms with E-state index in [2.05, 4.69) is 20.2 Å². The first kappa shape index (κ1) is 28.9. The number of anilines is 1. The summed E-state index contributed by atoms with van der Waals surface area (Å²) >= 11 is 0. The summed E-state index contributed by atoms with van der Waals surface area (Å²) in [6.45, 7) is 2.43. The summed E-state index contributed by atoms with van der Waals surface area (Å²) in [6, 6.07) is 23.1. The molecule has 43 heavy (non-hydrogen) atoms. The van der Waals surface area contributed by atoms with Gasteiger partial charge in [-0.25, -0.2) is 13.4 Å². The Morgan fingerprint density at radius 1 is 0.884 bits per heavy atom. The number of amides is 2. The Morgan fingerprint density at radius 3 is 2.16 bits per heavy atom. The van der Waals surface area contributed by atoms with Crippen LogP contribution >= 0.6 is 0 Å². The van der Waals surface area contributed by atoms with E-state index in [9.17, 15) is 18.0 Å². The minimum atomic E-state index is -2.90. The molecule has 2 aliphatic heterocycles. The van der Waals surface area contributed by atoms with Gasteiger partial charge in [0.15, 0.2) is 15.6 Å². The van der Waals surface area contributed by atoms with Gasteiger partial charge in [-0.2, -0.15) is 0 Å². The highest BCUT2D eigenvalue weighted by molar-refractivity contribution is 7.91. The van der Waals surface area contributed by atoms with E-state index in [1.54, 1.807) is 11.1 Å². The van der Waals surface area contributed by atoms with Crippen LogP contribution in [-0.2, 0) is 16.4 Å². The number of imidazole rings is 1. The highest BCUT2D eigenvalue weighted by Crippen LogP contribution is 2.32. The third kappa shape index (κ3) is 6.73. The first-order valence-electron chi connectivity index (χ1n) is 14.4. The van der Waals surface area contributed by atoms with Gasteiger partial charge in [-0.3, -0.25) is 14.5 Å². The third-order valence-corrected chi connectivity index (χ3v) is 9.79. The average Bonchev–Trinajstić information content (AvgIpc) is 3.70. The smallest absolute Gasteiger partial charge is 0.255 e. The second-order valence-electron chi connectivity index (χ2n) is 11.1. The Bertz CT molecular complexity index is 1710. The van der Waals surface area contributed by atoms with Crippen LogP contribution in [-0.4, -0.2) is 78.9 Å². The van der Waals surface area contributed by atoms with Crippen molar-refractivity contribution in [2.45, 2.75) is 25.4 Å². The molecule has 218 valence electrons. The molecule has 0 aliphatic carbocycles. The SMILES string of the molecule is [B]C(=O)N1CCC[C@H]1c1ncc(-c2ccc(-c3ccc(C(=O)Nc4ccc(CN5CCS(=O)(=O)CC5)cc4)cc3)cc2)[nH]1. The molecule has 0 unspecified atom stereocenters. The first-order chi connectivity index (χ1) is 20.7. The van der Waals surface area contributed by atoms with Crippen molar-refractivity contribution in [3.8, 4) is 22.4 Å². The lowest BCUT2D eigenvalue weighted by molar-refractivity contribution is 0.102. The van der Waals surface area contributed by atoms with E-state index in [0.717, 1.165) is 46.6 Å². The number of nitrogens with zero attached hydrogens (tertiary/aromatic N) is 3. The zero-order valence-electron chi connectivity index (χ0n) is 23.7. The fourth-order valence-electron chi connectivity index (χ4n) is 5.69. The summed E-state index contributed by atoms with van der Waals surface area (Å²) in [6.07, 6.45) is 3.53. The lowest BCUT2D eigenvalue weighted by Gasteiger charge is -2.26. The molecule has 11 heteroatoms. The van der Waals surface area contributed by atoms with E-state index < -0.39 is 15.6 Å². The van der Waals surface area contributed by atoms with Gasteiger partial charge in [-0.15, -0.1) is 0 Å². The van der Waals surface area contributed by atoms with E-state index in [-0.39, 0.29) is 23.5 Å². The minimum Gasteiger partial charge on any atom is -0.342 e. The van der Waals surface area contributed by atoms with Gasteiger partial charge in [0, 0.05) is 37.4 Å². The molecule has 0 saturated carbocycles. The van der Waals surface area contributed by atoms with Crippen molar-refractivity contribution in [1.29, 1.82) is 0 Å². The maximum Gasteiger partial charge on any atom is 0.255 e. The summed E-state index contributed by atoms with van der Waals surface area (Å²) < 4.78 is 23.3. The Morgan fingerprint density at radius 2 is 1.51 bits per heavy atom. The number of hydrogen-bond acceptors (Lipinski definition) is 6. The molecule has 3 aromatic carbocycles. The Balaban J connectivity index is 1.05. The molecule has 0 bridgehead atoms. The van der Waals surface area contributed by atoms with Crippen molar-refractivity contribution in [1.82, 2.24) is 19.8 Å². The number of carbonyl (C=O) groups excluding carboxylic acids is 2. The van der Waals surface area contributed by atoms with E-state index >= 15 is 0 Å². The monoisotopic (exact) mass is 593 g/mol. The predicted molar refractivity (Wildman–Crippen MR) is 168 cm³/mol. The van der Waals surface area contributed by atoms with Gasteiger partial charge < -0.3 is 15.2 Å². The number of hydrogen-bond donors (Lipinski definition) is 2. The van der Waals surface area contributed by atoms with Gasteiger partial charge in [-0.1, -0.05) is 48.5 Å². The van der Waals surface area contributed by atoms with E-state index in [4.69, 9.17) is 7.85 Å². The number of H-pyrrole nitrogens is 1. The fraction of sp³-hybridized carbons (Fsp3) is 0.281. The quantitative estimate of drug-likeness (QED) is 0.302. The van der Waals surface area contributed by atoms with Crippen LogP contribution < -0.4 is 5.32 Å². The fourth-order valence-corrected chi connectivity index (χ4v) is 6.96. The largest absolute Gasteiger partial charge is 0.342 e. The van der Waals surface area contributed by atoms with Crippen molar-refractivity contribution in [2.24, 2.45) is 0 Å². The molecule has 2 aliphatic rings. The van der Waals surface area contributed by atoms with Crippen LogP contribution in [0.4, 0.5) is 10.5 Å². The van der Waals surface area contributed by atoms with Gasteiger partial charge >= 0.3 is 0 Å².